The average Bonchev–Trinajstić information content (AvgIpc) is 2.49. The fourth-order valence-electron chi connectivity index (χ4n) is 2.33. The predicted octanol–water partition coefficient (Wildman–Crippen LogP) is 2.85. The van der Waals surface area contributed by atoms with Crippen molar-refractivity contribution in [3.05, 3.63) is 53.3 Å². The number of benzene rings is 1. The maximum absolute atomic E-state index is 6.51. The molecule has 2 N–H and O–H groups in total. The van der Waals surface area contributed by atoms with E-state index in [1.165, 1.54) is 5.56 Å². The quantitative estimate of drug-likeness (QED) is 0.917. The van der Waals surface area contributed by atoms with Crippen LogP contribution in [0.15, 0.2) is 36.7 Å². The van der Waals surface area contributed by atoms with E-state index < -0.39 is 5.54 Å². The number of aromatic nitrogens is 2. The molecule has 0 aliphatic rings. The zero-order valence-corrected chi connectivity index (χ0v) is 13.3. The van der Waals surface area contributed by atoms with Crippen molar-refractivity contribution in [1.29, 1.82) is 0 Å². The van der Waals surface area contributed by atoms with Gasteiger partial charge in [0.15, 0.2) is 0 Å². The van der Waals surface area contributed by atoms with Gasteiger partial charge in [0, 0.05) is 31.0 Å². The first kappa shape index (κ1) is 15.4. The van der Waals surface area contributed by atoms with Crippen molar-refractivity contribution >= 4 is 5.95 Å². The van der Waals surface area contributed by atoms with E-state index in [4.69, 9.17) is 5.73 Å². The summed E-state index contributed by atoms with van der Waals surface area (Å²) in [6.45, 7) is 10.1. The molecule has 0 amide bonds. The van der Waals surface area contributed by atoms with Crippen LogP contribution in [0.5, 0.6) is 0 Å². The van der Waals surface area contributed by atoms with Gasteiger partial charge in [-0.3, -0.25) is 0 Å². The first-order valence-corrected chi connectivity index (χ1v) is 7.42. The second kappa shape index (κ2) is 6.22. The molecule has 4 nitrogen and oxygen atoms in total. The minimum Gasteiger partial charge on any atom is -0.341 e. The van der Waals surface area contributed by atoms with Crippen LogP contribution < -0.4 is 10.6 Å². The van der Waals surface area contributed by atoms with Crippen molar-refractivity contribution in [2.75, 3.05) is 18.0 Å². The van der Waals surface area contributed by atoms with Gasteiger partial charge in [-0.2, -0.15) is 0 Å². The second-order valence-electron chi connectivity index (χ2n) is 5.51. The highest BCUT2D eigenvalue weighted by Gasteiger charge is 2.24. The van der Waals surface area contributed by atoms with Crippen LogP contribution in [0.2, 0.25) is 0 Å². The van der Waals surface area contributed by atoms with Crippen LogP contribution in [0, 0.1) is 6.92 Å². The van der Waals surface area contributed by atoms with E-state index in [1.807, 2.05) is 19.3 Å². The maximum Gasteiger partial charge on any atom is 0.225 e. The maximum atomic E-state index is 6.51. The Morgan fingerprint density at radius 3 is 2.00 bits per heavy atom. The Labute approximate surface area is 127 Å². The molecular formula is C17H24N4. The SMILES string of the molecule is CCN(CC)c1ncc([C@@](C)(N)c2ccc(C)cc2)cn1. The molecule has 0 saturated heterocycles. The van der Waals surface area contributed by atoms with Gasteiger partial charge in [0.1, 0.15) is 0 Å². The van der Waals surface area contributed by atoms with Crippen molar-refractivity contribution in [1.82, 2.24) is 9.97 Å². The summed E-state index contributed by atoms with van der Waals surface area (Å²) >= 11 is 0. The Morgan fingerprint density at radius 2 is 1.52 bits per heavy atom. The summed E-state index contributed by atoms with van der Waals surface area (Å²) in [5, 5.41) is 0. The van der Waals surface area contributed by atoms with Crippen molar-refractivity contribution in [2.45, 2.75) is 33.2 Å². The molecule has 0 radical (unpaired) electrons. The van der Waals surface area contributed by atoms with E-state index in [2.05, 4.69) is 59.9 Å². The number of nitrogens with two attached hydrogens (primary N) is 1. The standard InChI is InChI=1S/C17H24N4/c1-5-21(6-2)16-19-11-15(12-20-16)17(4,18)14-9-7-13(3)8-10-14/h7-12H,5-6,18H2,1-4H3/t17-/m0/s1. The molecule has 0 spiro atoms. The minimum atomic E-state index is -0.588. The van der Waals surface area contributed by atoms with Gasteiger partial charge >= 0.3 is 0 Å². The number of hydrogen-bond acceptors (Lipinski definition) is 4. The molecule has 1 atom stereocenters. The lowest BCUT2D eigenvalue weighted by atomic mass is 9.87. The molecule has 0 aliphatic heterocycles. The Kier molecular flexibility index (Phi) is 4.58. The number of rotatable bonds is 5. The van der Waals surface area contributed by atoms with Crippen molar-refractivity contribution in [3.63, 3.8) is 0 Å². The third kappa shape index (κ3) is 3.22. The van der Waals surface area contributed by atoms with Crippen LogP contribution in [0.4, 0.5) is 5.95 Å². The van der Waals surface area contributed by atoms with Gasteiger partial charge in [0.05, 0.1) is 5.54 Å². The highest BCUT2D eigenvalue weighted by Crippen LogP contribution is 2.26. The van der Waals surface area contributed by atoms with Gasteiger partial charge in [-0.05, 0) is 33.3 Å². The molecule has 0 unspecified atom stereocenters. The Bertz CT molecular complexity index is 569. The zero-order valence-electron chi connectivity index (χ0n) is 13.3. The highest BCUT2D eigenvalue weighted by molar-refractivity contribution is 5.38. The van der Waals surface area contributed by atoms with Gasteiger partial charge in [-0.1, -0.05) is 29.8 Å². The third-order valence-corrected chi connectivity index (χ3v) is 3.94. The van der Waals surface area contributed by atoms with E-state index in [-0.39, 0.29) is 0 Å². The van der Waals surface area contributed by atoms with Gasteiger partial charge in [0.25, 0.3) is 0 Å². The molecule has 4 heteroatoms. The summed E-state index contributed by atoms with van der Waals surface area (Å²) in [6.07, 6.45) is 3.67. The van der Waals surface area contributed by atoms with Gasteiger partial charge in [0.2, 0.25) is 5.95 Å². The monoisotopic (exact) mass is 284 g/mol. The smallest absolute Gasteiger partial charge is 0.225 e. The zero-order chi connectivity index (χ0) is 15.5. The number of hydrogen-bond donors (Lipinski definition) is 1. The van der Waals surface area contributed by atoms with Gasteiger partial charge < -0.3 is 10.6 Å². The molecule has 0 aliphatic carbocycles. The van der Waals surface area contributed by atoms with Gasteiger partial charge in [-0.25, -0.2) is 9.97 Å². The molecule has 0 bridgehead atoms. The molecule has 21 heavy (non-hydrogen) atoms. The number of anilines is 1. The molecule has 1 aromatic carbocycles. The van der Waals surface area contributed by atoms with Crippen LogP contribution in [0.3, 0.4) is 0 Å². The van der Waals surface area contributed by atoms with Crippen molar-refractivity contribution in [3.8, 4) is 0 Å². The molecule has 112 valence electrons. The van der Waals surface area contributed by atoms with Gasteiger partial charge in [-0.15, -0.1) is 0 Å². The fourth-order valence-corrected chi connectivity index (χ4v) is 2.33. The molecule has 1 aromatic heterocycles. The first-order chi connectivity index (χ1) is 9.98. The van der Waals surface area contributed by atoms with E-state index >= 15 is 0 Å². The average molecular weight is 284 g/mol. The van der Waals surface area contributed by atoms with Crippen molar-refractivity contribution < 1.29 is 0 Å². The Hall–Kier alpha value is -1.94. The summed E-state index contributed by atoms with van der Waals surface area (Å²) in [4.78, 5) is 11.0. The van der Waals surface area contributed by atoms with E-state index in [0.717, 1.165) is 30.2 Å². The molecule has 2 rings (SSSR count). The molecular weight excluding hydrogens is 260 g/mol. The number of nitrogens with zero attached hydrogens (tertiary/aromatic N) is 3. The van der Waals surface area contributed by atoms with E-state index in [1.54, 1.807) is 0 Å². The topological polar surface area (TPSA) is 55.0 Å². The van der Waals surface area contributed by atoms with Crippen LogP contribution in [-0.4, -0.2) is 23.1 Å². The second-order valence-corrected chi connectivity index (χ2v) is 5.51. The third-order valence-electron chi connectivity index (χ3n) is 3.94. The van der Waals surface area contributed by atoms with E-state index in [9.17, 15) is 0 Å². The summed E-state index contributed by atoms with van der Waals surface area (Å²) in [6, 6.07) is 8.28. The number of aryl methyl sites for hydroxylation is 1. The van der Waals surface area contributed by atoms with E-state index in [0.29, 0.717) is 0 Å². The molecule has 0 fully saturated rings. The molecule has 1 heterocycles. The highest BCUT2D eigenvalue weighted by atomic mass is 15.2. The lowest BCUT2D eigenvalue weighted by Crippen LogP contribution is -2.35. The minimum absolute atomic E-state index is 0.588. The largest absolute Gasteiger partial charge is 0.341 e. The van der Waals surface area contributed by atoms with Crippen LogP contribution in [-0.2, 0) is 5.54 Å². The lowest BCUT2D eigenvalue weighted by Gasteiger charge is -2.26. The lowest BCUT2D eigenvalue weighted by molar-refractivity contribution is 0.595. The summed E-state index contributed by atoms with van der Waals surface area (Å²) in [7, 11) is 0. The molecule has 2 aromatic rings. The Balaban J connectivity index is 2.30. The van der Waals surface area contributed by atoms with Crippen molar-refractivity contribution in [2.24, 2.45) is 5.73 Å². The predicted molar refractivity (Wildman–Crippen MR) is 87.4 cm³/mol. The van der Waals surface area contributed by atoms with Crippen LogP contribution in [0.25, 0.3) is 0 Å². The fraction of sp³-hybridized carbons (Fsp3) is 0.412. The molecule has 0 saturated carbocycles. The summed E-state index contributed by atoms with van der Waals surface area (Å²) < 4.78 is 0. The summed E-state index contributed by atoms with van der Waals surface area (Å²) in [5.41, 5.74) is 9.12. The Morgan fingerprint density at radius 1 is 1.00 bits per heavy atom. The first-order valence-electron chi connectivity index (χ1n) is 7.42. The van der Waals surface area contributed by atoms with Crippen LogP contribution >= 0.6 is 0 Å². The van der Waals surface area contributed by atoms with Crippen LogP contribution in [0.1, 0.15) is 37.5 Å². The summed E-state index contributed by atoms with van der Waals surface area (Å²) in [5.74, 6) is 0.753. The normalized spacial score (nSPS) is 13.8.